The molecule has 0 aliphatic carbocycles. The van der Waals surface area contributed by atoms with Crippen LogP contribution in [0.5, 0.6) is 11.5 Å². The van der Waals surface area contributed by atoms with Crippen LogP contribution in [0.2, 0.25) is 0 Å². The Morgan fingerprint density at radius 2 is 1.07 bits per heavy atom. The fourth-order valence-electron chi connectivity index (χ4n) is 12.5. The first-order valence-electron chi connectivity index (χ1n) is 29.3. The summed E-state index contributed by atoms with van der Waals surface area (Å²) in [7, 11) is 0. The standard InChI is InChI=1S/C75H58N5O.Pt/c1-47-39-48(41-50(40-47)75(5,6)7)55-27-17-28-63-58-23-10-8-21-56(58)57-22-9-11-24-59(57)64-29-18-32-69-73(64)78(72(55)63)46-77(69)51-19-16-20-53(43-51)81-54-34-35-62-65-44-52(79-66-30-14-12-25-60(66)61-26-13-15-31-67(61)79)33-36-68(65)80(70(62)45-54)71-42-49(37-38-76-71)74(2,3)4;/h8-42,44,46H,1-7H3;/q-3;/i1D3;. The maximum atomic E-state index is 8.67. The molecule has 7 heteroatoms. The van der Waals surface area contributed by atoms with E-state index in [9.17, 15) is 0 Å². The zero-order valence-electron chi connectivity index (χ0n) is 49.3. The van der Waals surface area contributed by atoms with Crippen molar-refractivity contribution in [2.24, 2.45) is 0 Å². The summed E-state index contributed by atoms with van der Waals surface area (Å²) >= 11 is 0. The van der Waals surface area contributed by atoms with Crippen LogP contribution in [0.4, 0.5) is 11.4 Å². The maximum Gasteiger partial charge on any atom is 0.135 e. The molecule has 6 nitrogen and oxygen atoms in total. The number of fused-ring (bicyclic) bond motifs is 13. The summed E-state index contributed by atoms with van der Waals surface area (Å²) < 4.78 is 39.8. The van der Waals surface area contributed by atoms with Crippen molar-refractivity contribution >= 4 is 98.3 Å². The summed E-state index contributed by atoms with van der Waals surface area (Å²) in [6.07, 6.45) is 1.91. The molecule has 0 radical (unpaired) electrons. The maximum absolute atomic E-state index is 8.67. The van der Waals surface area contributed by atoms with Crippen LogP contribution in [0.3, 0.4) is 0 Å². The Hall–Kier alpha value is -9.09. The Bertz CT molecular complexity index is 5050. The predicted molar refractivity (Wildman–Crippen MR) is 339 cm³/mol. The summed E-state index contributed by atoms with van der Waals surface area (Å²) in [4.78, 5) is 7.21. The first-order chi connectivity index (χ1) is 40.5. The van der Waals surface area contributed by atoms with Gasteiger partial charge in [0.05, 0.1) is 11.0 Å². The van der Waals surface area contributed by atoms with Crippen LogP contribution in [0, 0.1) is 25.7 Å². The minimum Gasteiger partial charge on any atom is -0.509 e. The number of para-hydroxylation sites is 4. The molecule has 0 fully saturated rings. The second kappa shape index (κ2) is 19.3. The van der Waals surface area contributed by atoms with E-state index in [1.807, 2.05) is 36.5 Å². The third-order valence-electron chi connectivity index (χ3n) is 16.4. The summed E-state index contributed by atoms with van der Waals surface area (Å²) in [5, 5.41) is 11.0. The fourth-order valence-corrected chi connectivity index (χ4v) is 12.5. The van der Waals surface area contributed by atoms with E-state index in [4.69, 9.17) is 13.8 Å². The molecule has 402 valence electrons. The fraction of sp³-hybridized carbons (Fsp3) is 0.120. The minimum absolute atomic E-state index is 0. The van der Waals surface area contributed by atoms with Crippen LogP contribution in [-0.2, 0) is 31.9 Å². The first-order valence-corrected chi connectivity index (χ1v) is 27.8. The Morgan fingerprint density at radius 3 is 1.76 bits per heavy atom. The van der Waals surface area contributed by atoms with Crippen LogP contribution in [0.15, 0.2) is 219 Å². The molecule has 0 atom stereocenters. The molecule has 14 aromatic rings. The van der Waals surface area contributed by atoms with Crippen LogP contribution >= 0.6 is 0 Å². The van der Waals surface area contributed by atoms with Gasteiger partial charge in [0.2, 0.25) is 0 Å². The molecule has 1 aliphatic heterocycles. The number of hydrogen-bond acceptors (Lipinski definition) is 3. The van der Waals surface area contributed by atoms with Gasteiger partial charge in [-0.15, -0.1) is 35.7 Å². The van der Waals surface area contributed by atoms with Crippen molar-refractivity contribution in [1.29, 1.82) is 0 Å². The van der Waals surface area contributed by atoms with E-state index < -0.39 is 6.85 Å². The number of rotatable bonds is 6. The van der Waals surface area contributed by atoms with Crippen molar-refractivity contribution in [3.8, 4) is 34.1 Å². The van der Waals surface area contributed by atoms with Crippen LogP contribution in [0.1, 0.15) is 62.3 Å². The molecule has 15 rings (SSSR count). The minimum atomic E-state index is -2.32. The number of pyridine rings is 1. The van der Waals surface area contributed by atoms with Gasteiger partial charge in [-0.05, 0) is 144 Å². The normalized spacial score (nSPS) is 13.2. The number of aryl methyl sites for hydroxylation is 1. The summed E-state index contributed by atoms with van der Waals surface area (Å²) in [5.74, 6) is 1.86. The predicted octanol–water partition coefficient (Wildman–Crippen LogP) is 19.9. The molecule has 0 amide bonds. The van der Waals surface area contributed by atoms with Gasteiger partial charge in [0, 0.05) is 70.5 Å². The molecule has 0 saturated heterocycles. The number of aromatic nitrogens is 4. The summed E-state index contributed by atoms with van der Waals surface area (Å²) in [5.41, 5.74) is 12.6. The number of ether oxygens (including phenoxy) is 1. The van der Waals surface area contributed by atoms with Gasteiger partial charge in [0.15, 0.2) is 0 Å². The van der Waals surface area contributed by atoms with E-state index in [0.29, 0.717) is 17.1 Å². The number of anilines is 2. The van der Waals surface area contributed by atoms with E-state index in [-0.39, 0.29) is 31.9 Å². The average Bonchev–Trinajstić information content (AvgIpc) is 2.01. The van der Waals surface area contributed by atoms with E-state index in [0.717, 1.165) is 116 Å². The molecule has 0 spiro atoms. The molecule has 10 aromatic carbocycles. The topological polar surface area (TPSA) is 40.1 Å². The van der Waals surface area contributed by atoms with Gasteiger partial charge in [-0.3, -0.25) is 0 Å². The quantitative estimate of drug-likeness (QED) is 0.156. The Labute approximate surface area is 496 Å². The number of nitrogens with zero attached hydrogens (tertiary/aromatic N) is 5. The molecule has 82 heavy (non-hydrogen) atoms. The molecule has 0 N–H and O–H groups in total. The van der Waals surface area contributed by atoms with Gasteiger partial charge < -0.3 is 23.3 Å². The van der Waals surface area contributed by atoms with E-state index >= 15 is 0 Å². The molecule has 5 heterocycles. The van der Waals surface area contributed by atoms with Gasteiger partial charge in [-0.2, -0.15) is 12.1 Å². The number of benzene rings is 10. The van der Waals surface area contributed by atoms with Gasteiger partial charge in [0.1, 0.15) is 5.82 Å². The first kappa shape index (κ1) is 47.7. The molecule has 0 bridgehead atoms. The molecule has 0 unspecified atom stereocenters. The molecular weight excluding hydrogens is 1180 g/mol. The monoisotopic (exact) mass is 1240 g/mol. The Morgan fingerprint density at radius 1 is 0.476 bits per heavy atom. The second-order valence-corrected chi connectivity index (χ2v) is 23.5. The molecular formula is C75H58N5OPt-3. The second-order valence-electron chi connectivity index (χ2n) is 23.5. The van der Waals surface area contributed by atoms with E-state index in [2.05, 4.69) is 261 Å². The van der Waals surface area contributed by atoms with Crippen molar-refractivity contribution in [1.82, 2.24) is 18.7 Å². The molecule has 4 aromatic heterocycles. The van der Waals surface area contributed by atoms with Crippen molar-refractivity contribution in [3.05, 3.63) is 254 Å². The van der Waals surface area contributed by atoms with Crippen molar-refractivity contribution in [2.45, 2.75) is 59.2 Å². The van der Waals surface area contributed by atoms with Gasteiger partial charge in [-0.25, -0.2) is 4.98 Å². The zero-order valence-corrected chi connectivity index (χ0v) is 48.6. The van der Waals surface area contributed by atoms with Crippen molar-refractivity contribution in [3.63, 3.8) is 0 Å². The SMILES string of the molecule is [2H]C([2H])([2H])c1cc(-c2cccc3c4ccccc4c4ccccc4c4cccc5c4n(c23)[CH-]N5c2[c-]c(Oc3[c-]c4c(cc3)c3cc(-n5c6ccccc6c6ccccc65)ccc3n4-c3cc(C(C)(C)C)ccn3)ccc2)cc(C(C)(C)C)c1.[Pt]. The Kier molecular flexibility index (Phi) is 11.2. The van der Waals surface area contributed by atoms with Crippen molar-refractivity contribution < 1.29 is 29.9 Å². The zero-order chi connectivity index (χ0) is 57.4. The molecule has 0 saturated carbocycles. The smallest absolute Gasteiger partial charge is 0.135 e. The third kappa shape index (κ3) is 8.25. The molecule has 1 aliphatic rings. The Balaban J connectivity index is 0.00000640. The summed E-state index contributed by atoms with van der Waals surface area (Å²) in [6, 6.07) is 81.9. The van der Waals surface area contributed by atoms with Crippen molar-refractivity contribution in [2.75, 3.05) is 4.90 Å². The van der Waals surface area contributed by atoms with Gasteiger partial charge in [0.25, 0.3) is 0 Å². The van der Waals surface area contributed by atoms with Crippen LogP contribution < -0.4 is 9.64 Å². The van der Waals surface area contributed by atoms with Crippen LogP contribution in [-0.4, -0.2) is 18.7 Å². The van der Waals surface area contributed by atoms with Gasteiger partial charge >= 0.3 is 0 Å². The third-order valence-corrected chi connectivity index (χ3v) is 16.4. The average molecular weight is 1240 g/mol. The summed E-state index contributed by atoms with van der Waals surface area (Å²) in [6.45, 7) is 12.9. The largest absolute Gasteiger partial charge is 0.509 e. The number of hydrogen-bond donors (Lipinski definition) is 0. The van der Waals surface area contributed by atoms with E-state index in [1.54, 1.807) is 0 Å². The van der Waals surface area contributed by atoms with Gasteiger partial charge in [-0.1, -0.05) is 192 Å². The van der Waals surface area contributed by atoms with E-state index in [1.165, 1.54) is 16.3 Å². The van der Waals surface area contributed by atoms with Crippen LogP contribution in [0.25, 0.3) is 110 Å².